The van der Waals surface area contributed by atoms with Crippen molar-refractivity contribution in [3.05, 3.63) is 34.4 Å². The maximum atomic E-state index is 10.6. The Balaban J connectivity index is 2.26. The molecule has 1 aromatic carbocycles. The molecule has 2 aromatic rings. The van der Waals surface area contributed by atoms with Gasteiger partial charge in [-0.2, -0.15) is 5.26 Å². The third-order valence-electron chi connectivity index (χ3n) is 1.97. The Hall–Kier alpha value is -2.40. The number of aromatic nitrogens is 2. The van der Waals surface area contributed by atoms with E-state index in [9.17, 15) is 10.1 Å². The lowest BCUT2D eigenvalue weighted by atomic mass is 10.2. The van der Waals surface area contributed by atoms with Crippen LogP contribution in [0.5, 0.6) is 0 Å². The van der Waals surface area contributed by atoms with Gasteiger partial charge in [0.2, 0.25) is 5.89 Å². The van der Waals surface area contributed by atoms with E-state index in [1.165, 1.54) is 12.1 Å². The fourth-order valence-corrected chi connectivity index (χ4v) is 1.66. The third kappa shape index (κ3) is 2.64. The highest BCUT2D eigenvalue weighted by Crippen LogP contribution is 2.25. The summed E-state index contributed by atoms with van der Waals surface area (Å²) in [6.45, 7) is 0. The number of hydrogen-bond donors (Lipinski definition) is 0. The number of rotatable bonds is 4. The largest absolute Gasteiger partial charge is 0.411 e. The lowest BCUT2D eigenvalue weighted by molar-refractivity contribution is -0.384. The number of nitriles is 1. The van der Waals surface area contributed by atoms with Gasteiger partial charge in [0.05, 0.1) is 16.7 Å². The van der Waals surface area contributed by atoms with Crippen molar-refractivity contribution in [2.24, 2.45) is 0 Å². The molecule has 0 aliphatic heterocycles. The fourth-order valence-electron chi connectivity index (χ4n) is 1.23. The molecule has 18 heavy (non-hydrogen) atoms. The number of thioether (sulfide) groups is 1. The van der Waals surface area contributed by atoms with E-state index in [0.717, 1.165) is 11.8 Å². The third-order valence-corrected chi connectivity index (χ3v) is 2.66. The zero-order valence-electron chi connectivity index (χ0n) is 8.94. The molecule has 0 unspecified atom stereocenters. The van der Waals surface area contributed by atoms with Crippen molar-refractivity contribution in [3.63, 3.8) is 0 Å². The monoisotopic (exact) mass is 262 g/mol. The predicted molar refractivity (Wildman–Crippen MR) is 62.7 cm³/mol. The summed E-state index contributed by atoms with van der Waals surface area (Å²) in [5.41, 5.74) is 0.428. The maximum absolute atomic E-state index is 10.6. The molecule has 7 nitrogen and oxygen atoms in total. The van der Waals surface area contributed by atoms with Gasteiger partial charge in [-0.1, -0.05) is 17.8 Å². The van der Waals surface area contributed by atoms with Crippen LogP contribution in [0, 0.1) is 21.4 Å². The number of nitrogens with zero attached hydrogens (tertiary/aromatic N) is 4. The van der Waals surface area contributed by atoms with Crippen LogP contribution >= 0.6 is 11.8 Å². The Labute approximate surface area is 106 Å². The first kappa shape index (κ1) is 12.1. The molecule has 2 rings (SSSR count). The predicted octanol–water partition coefficient (Wildman–Crippen LogP) is 2.26. The summed E-state index contributed by atoms with van der Waals surface area (Å²) < 4.78 is 5.27. The van der Waals surface area contributed by atoms with Gasteiger partial charge in [-0.15, -0.1) is 10.2 Å². The number of nitro benzene ring substituents is 1. The van der Waals surface area contributed by atoms with Gasteiger partial charge in [0.1, 0.15) is 0 Å². The van der Waals surface area contributed by atoms with Crippen LogP contribution in [0.4, 0.5) is 5.69 Å². The van der Waals surface area contributed by atoms with Crippen molar-refractivity contribution < 1.29 is 9.34 Å². The summed E-state index contributed by atoms with van der Waals surface area (Å²) in [6.07, 6.45) is 0. The van der Waals surface area contributed by atoms with E-state index in [1.807, 2.05) is 6.07 Å². The lowest BCUT2D eigenvalue weighted by Crippen LogP contribution is -1.88. The normalized spacial score (nSPS) is 9.94. The first-order chi connectivity index (χ1) is 8.70. The molecule has 0 bridgehead atoms. The van der Waals surface area contributed by atoms with E-state index < -0.39 is 4.92 Å². The Kier molecular flexibility index (Phi) is 3.54. The van der Waals surface area contributed by atoms with Crippen LogP contribution in [-0.4, -0.2) is 20.9 Å². The Morgan fingerprint density at radius 1 is 1.50 bits per heavy atom. The molecule has 0 amide bonds. The van der Waals surface area contributed by atoms with Crippen molar-refractivity contribution in [3.8, 4) is 17.5 Å². The smallest absolute Gasteiger partial charge is 0.277 e. The van der Waals surface area contributed by atoms with Crippen molar-refractivity contribution in [1.82, 2.24) is 10.2 Å². The first-order valence-corrected chi connectivity index (χ1v) is 5.77. The van der Waals surface area contributed by atoms with Crippen LogP contribution in [0.1, 0.15) is 0 Å². The van der Waals surface area contributed by atoms with E-state index in [4.69, 9.17) is 9.68 Å². The van der Waals surface area contributed by atoms with Gasteiger partial charge in [0.15, 0.2) is 0 Å². The average molecular weight is 262 g/mol. The van der Waals surface area contributed by atoms with E-state index in [2.05, 4.69) is 10.2 Å². The topological polar surface area (TPSA) is 106 Å². The van der Waals surface area contributed by atoms with Gasteiger partial charge >= 0.3 is 0 Å². The quantitative estimate of drug-likeness (QED) is 0.472. The van der Waals surface area contributed by atoms with Crippen LogP contribution < -0.4 is 0 Å². The van der Waals surface area contributed by atoms with Gasteiger partial charge in [-0.05, 0) is 6.07 Å². The van der Waals surface area contributed by atoms with E-state index in [0.29, 0.717) is 5.56 Å². The molecule has 0 radical (unpaired) electrons. The van der Waals surface area contributed by atoms with E-state index >= 15 is 0 Å². The molecule has 0 spiro atoms. The van der Waals surface area contributed by atoms with Gasteiger partial charge < -0.3 is 4.42 Å². The molecule has 0 aliphatic carbocycles. The minimum absolute atomic E-state index is 0.0445. The van der Waals surface area contributed by atoms with E-state index in [1.54, 1.807) is 12.1 Å². The minimum Gasteiger partial charge on any atom is -0.411 e. The van der Waals surface area contributed by atoms with E-state index in [-0.39, 0.29) is 22.6 Å². The molecule has 0 saturated carbocycles. The Morgan fingerprint density at radius 3 is 3.06 bits per heavy atom. The molecule has 0 saturated heterocycles. The Morgan fingerprint density at radius 2 is 2.33 bits per heavy atom. The SMILES string of the molecule is N#CCSc1nnc(-c2cccc([N+](=O)[O-])c2)o1. The van der Waals surface area contributed by atoms with Crippen molar-refractivity contribution in [2.45, 2.75) is 5.22 Å². The summed E-state index contributed by atoms with van der Waals surface area (Å²) in [5.74, 6) is 0.399. The van der Waals surface area contributed by atoms with Gasteiger partial charge in [0, 0.05) is 17.7 Å². The second kappa shape index (κ2) is 5.29. The molecule has 0 fully saturated rings. The van der Waals surface area contributed by atoms with Crippen LogP contribution in [0.25, 0.3) is 11.5 Å². The first-order valence-electron chi connectivity index (χ1n) is 4.79. The summed E-state index contributed by atoms with van der Waals surface area (Å²) in [7, 11) is 0. The zero-order valence-corrected chi connectivity index (χ0v) is 9.75. The number of hydrogen-bond acceptors (Lipinski definition) is 7. The van der Waals surface area contributed by atoms with Crippen LogP contribution in [-0.2, 0) is 0 Å². The molecule has 90 valence electrons. The number of non-ortho nitro benzene ring substituents is 1. The standard InChI is InChI=1S/C10H6N4O3S/c11-4-5-18-10-13-12-9(17-10)7-2-1-3-8(6-7)14(15)16/h1-3,6H,5H2. The lowest BCUT2D eigenvalue weighted by Gasteiger charge is -1.94. The fraction of sp³-hybridized carbons (Fsp3) is 0.100. The minimum atomic E-state index is -0.495. The van der Waals surface area contributed by atoms with Crippen molar-refractivity contribution in [1.29, 1.82) is 5.26 Å². The van der Waals surface area contributed by atoms with Crippen LogP contribution in [0.2, 0.25) is 0 Å². The van der Waals surface area contributed by atoms with Crippen LogP contribution in [0.15, 0.2) is 33.9 Å². The highest BCUT2D eigenvalue weighted by atomic mass is 32.2. The average Bonchev–Trinajstić information content (AvgIpc) is 2.85. The summed E-state index contributed by atoms with van der Waals surface area (Å²) in [6, 6.07) is 7.85. The molecule has 0 atom stereocenters. The summed E-state index contributed by atoms with van der Waals surface area (Å²) in [5, 5.41) is 26.8. The second-order valence-electron chi connectivity index (χ2n) is 3.13. The molecule has 1 aromatic heterocycles. The second-order valence-corrected chi connectivity index (χ2v) is 4.05. The number of nitro groups is 1. The molecule has 0 N–H and O–H groups in total. The van der Waals surface area contributed by atoms with Crippen LogP contribution in [0.3, 0.4) is 0 Å². The van der Waals surface area contributed by atoms with Crippen molar-refractivity contribution in [2.75, 3.05) is 5.75 Å². The Bertz CT molecular complexity index is 620. The molecule has 0 aliphatic rings. The summed E-state index contributed by atoms with van der Waals surface area (Å²) in [4.78, 5) is 10.1. The van der Waals surface area contributed by atoms with Gasteiger partial charge in [-0.25, -0.2) is 0 Å². The molecule has 1 heterocycles. The highest BCUT2D eigenvalue weighted by Gasteiger charge is 2.12. The zero-order chi connectivity index (χ0) is 13.0. The van der Waals surface area contributed by atoms with Gasteiger partial charge in [0.25, 0.3) is 10.9 Å². The number of benzene rings is 1. The highest BCUT2D eigenvalue weighted by molar-refractivity contribution is 7.99. The maximum Gasteiger partial charge on any atom is 0.277 e. The van der Waals surface area contributed by atoms with Gasteiger partial charge in [-0.3, -0.25) is 10.1 Å². The van der Waals surface area contributed by atoms with Crippen molar-refractivity contribution >= 4 is 17.4 Å². The molecular weight excluding hydrogens is 256 g/mol. The molecular formula is C10H6N4O3S. The summed E-state index contributed by atoms with van der Waals surface area (Å²) >= 11 is 1.11. The molecule has 8 heteroatoms.